The predicted molar refractivity (Wildman–Crippen MR) is 62.4 cm³/mol. The summed E-state index contributed by atoms with van der Waals surface area (Å²) in [6.07, 6.45) is 1.82. The highest BCUT2D eigenvalue weighted by molar-refractivity contribution is 5.76. The fourth-order valence-electron chi connectivity index (χ4n) is 1.69. The van der Waals surface area contributed by atoms with Gasteiger partial charge in [-0.25, -0.2) is 4.39 Å². The summed E-state index contributed by atoms with van der Waals surface area (Å²) >= 11 is 0. The number of halogens is 1. The van der Waals surface area contributed by atoms with Crippen molar-refractivity contribution in [1.82, 2.24) is 4.90 Å². The van der Waals surface area contributed by atoms with Gasteiger partial charge in [0.1, 0.15) is 11.9 Å². The van der Waals surface area contributed by atoms with Gasteiger partial charge >= 0.3 is 0 Å². The highest BCUT2D eigenvalue weighted by Crippen LogP contribution is 2.15. The molecule has 88 valence electrons. The molecule has 4 heteroatoms. The summed E-state index contributed by atoms with van der Waals surface area (Å²) in [5.41, 5.74) is 1.28. The molecule has 0 aliphatic carbocycles. The topological polar surface area (TPSA) is 36.3 Å². The first-order valence-corrected chi connectivity index (χ1v) is 5.49. The molecule has 0 atom stereocenters. The Kier molecular flexibility index (Phi) is 3.73. The first kappa shape index (κ1) is 11.6. The molecule has 0 unspecified atom stereocenters. The van der Waals surface area contributed by atoms with Crippen LogP contribution < -0.4 is 0 Å². The van der Waals surface area contributed by atoms with E-state index < -0.39 is 0 Å². The summed E-state index contributed by atoms with van der Waals surface area (Å²) in [6, 6.07) is 8.09. The molecular formula is C13H13FN2O. The molecule has 0 spiro atoms. The van der Waals surface area contributed by atoms with Gasteiger partial charge in [0.2, 0.25) is 0 Å². The standard InChI is InChI=1S/C13H13FN2O/c14-13-3-1-11(2-4-13)12(9-15)10-16-5-7-17-8-6-16/h1-4,10H,5-8H2/b12-10-. The monoisotopic (exact) mass is 232 g/mol. The molecule has 3 nitrogen and oxygen atoms in total. The lowest BCUT2D eigenvalue weighted by atomic mass is 10.1. The molecule has 1 aliphatic rings. The van der Waals surface area contributed by atoms with E-state index in [-0.39, 0.29) is 5.82 Å². The minimum absolute atomic E-state index is 0.294. The van der Waals surface area contributed by atoms with Gasteiger partial charge in [0.15, 0.2) is 0 Å². The number of morpholine rings is 1. The van der Waals surface area contributed by atoms with E-state index in [0.29, 0.717) is 18.8 Å². The molecule has 2 rings (SSSR count). The second kappa shape index (κ2) is 5.46. The highest BCUT2D eigenvalue weighted by Gasteiger charge is 2.09. The number of hydrogen-bond donors (Lipinski definition) is 0. The van der Waals surface area contributed by atoms with Crippen molar-refractivity contribution in [3.63, 3.8) is 0 Å². The van der Waals surface area contributed by atoms with E-state index in [1.165, 1.54) is 12.1 Å². The quantitative estimate of drug-likeness (QED) is 0.732. The number of ether oxygens (including phenoxy) is 1. The van der Waals surface area contributed by atoms with Crippen molar-refractivity contribution >= 4 is 5.57 Å². The fraction of sp³-hybridized carbons (Fsp3) is 0.308. The Balaban J connectivity index is 2.18. The second-order valence-electron chi connectivity index (χ2n) is 3.81. The Hall–Kier alpha value is -1.86. The SMILES string of the molecule is N#C/C(=C/N1CCOCC1)c1ccc(F)cc1. The van der Waals surface area contributed by atoms with Crippen molar-refractivity contribution in [2.24, 2.45) is 0 Å². The largest absolute Gasteiger partial charge is 0.378 e. The third-order valence-electron chi connectivity index (χ3n) is 2.63. The number of hydrogen-bond acceptors (Lipinski definition) is 3. The minimum Gasteiger partial charge on any atom is -0.378 e. The molecule has 0 radical (unpaired) electrons. The molecule has 1 saturated heterocycles. The number of nitrogens with zero attached hydrogens (tertiary/aromatic N) is 2. The molecule has 1 heterocycles. The Labute approximate surface area is 99.7 Å². The van der Waals surface area contributed by atoms with Crippen LogP contribution in [0.2, 0.25) is 0 Å². The van der Waals surface area contributed by atoms with E-state index in [1.807, 2.05) is 11.1 Å². The van der Waals surface area contributed by atoms with Crippen molar-refractivity contribution in [2.75, 3.05) is 26.3 Å². The van der Waals surface area contributed by atoms with E-state index in [4.69, 9.17) is 10.00 Å². The predicted octanol–water partition coefficient (Wildman–Crippen LogP) is 2.02. The van der Waals surface area contributed by atoms with Gasteiger partial charge in [-0.2, -0.15) is 5.26 Å². The summed E-state index contributed by atoms with van der Waals surface area (Å²) in [5, 5.41) is 9.11. The van der Waals surface area contributed by atoms with Crippen molar-refractivity contribution in [2.45, 2.75) is 0 Å². The maximum atomic E-state index is 12.8. The number of rotatable bonds is 2. The first-order chi connectivity index (χ1) is 8.29. The number of allylic oxidation sites excluding steroid dienone is 1. The molecule has 0 N–H and O–H groups in total. The van der Waals surface area contributed by atoms with Crippen LogP contribution in [0, 0.1) is 17.1 Å². The summed E-state index contributed by atoms with van der Waals surface area (Å²) < 4.78 is 18.0. The van der Waals surface area contributed by atoms with Gasteiger partial charge in [-0.05, 0) is 17.7 Å². The molecule has 1 aromatic rings. The zero-order chi connectivity index (χ0) is 12.1. The van der Waals surface area contributed by atoms with Crippen molar-refractivity contribution in [3.8, 4) is 6.07 Å². The smallest absolute Gasteiger partial charge is 0.123 e. The maximum absolute atomic E-state index is 12.8. The van der Waals surface area contributed by atoms with Gasteiger partial charge in [-0.15, -0.1) is 0 Å². The van der Waals surface area contributed by atoms with Crippen LogP contribution in [0.3, 0.4) is 0 Å². The van der Waals surface area contributed by atoms with Crippen LogP contribution in [0.4, 0.5) is 4.39 Å². The summed E-state index contributed by atoms with van der Waals surface area (Å²) in [7, 11) is 0. The molecule has 1 aliphatic heterocycles. The molecule has 1 aromatic carbocycles. The molecule has 1 fully saturated rings. The van der Waals surface area contributed by atoms with Crippen LogP contribution in [0.25, 0.3) is 5.57 Å². The molecular weight excluding hydrogens is 219 g/mol. The summed E-state index contributed by atoms with van der Waals surface area (Å²) in [6.45, 7) is 2.93. The Morgan fingerprint density at radius 1 is 1.29 bits per heavy atom. The third-order valence-corrected chi connectivity index (χ3v) is 2.63. The van der Waals surface area contributed by atoms with E-state index >= 15 is 0 Å². The van der Waals surface area contributed by atoms with Gasteiger partial charge < -0.3 is 9.64 Å². The molecule has 0 amide bonds. The van der Waals surface area contributed by atoms with Gasteiger partial charge in [-0.1, -0.05) is 12.1 Å². The van der Waals surface area contributed by atoms with E-state index in [2.05, 4.69) is 6.07 Å². The zero-order valence-electron chi connectivity index (χ0n) is 9.40. The zero-order valence-corrected chi connectivity index (χ0v) is 9.40. The van der Waals surface area contributed by atoms with Crippen LogP contribution in [0.15, 0.2) is 30.5 Å². The Morgan fingerprint density at radius 3 is 2.53 bits per heavy atom. The Morgan fingerprint density at radius 2 is 1.94 bits per heavy atom. The number of benzene rings is 1. The second-order valence-corrected chi connectivity index (χ2v) is 3.81. The highest BCUT2D eigenvalue weighted by atomic mass is 19.1. The lowest BCUT2D eigenvalue weighted by Gasteiger charge is -2.25. The molecule has 0 aromatic heterocycles. The average molecular weight is 232 g/mol. The number of nitriles is 1. The molecule has 17 heavy (non-hydrogen) atoms. The van der Waals surface area contributed by atoms with Gasteiger partial charge in [0.05, 0.1) is 18.8 Å². The fourth-order valence-corrected chi connectivity index (χ4v) is 1.69. The van der Waals surface area contributed by atoms with E-state index in [9.17, 15) is 4.39 Å². The van der Waals surface area contributed by atoms with Gasteiger partial charge in [0.25, 0.3) is 0 Å². The van der Waals surface area contributed by atoms with Crippen LogP contribution in [-0.2, 0) is 4.74 Å². The normalized spacial score (nSPS) is 16.7. The average Bonchev–Trinajstić information content (AvgIpc) is 2.38. The van der Waals surface area contributed by atoms with E-state index in [0.717, 1.165) is 18.7 Å². The summed E-state index contributed by atoms with van der Waals surface area (Å²) in [4.78, 5) is 2.05. The van der Waals surface area contributed by atoms with Crippen molar-refractivity contribution in [1.29, 1.82) is 5.26 Å². The molecule has 0 saturated carbocycles. The van der Waals surface area contributed by atoms with Crippen LogP contribution in [0.1, 0.15) is 5.56 Å². The van der Waals surface area contributed by atoms with Crippen LogP contribution >= 0.6 is 0 Å². The van der Waals surface area contributed by atoms with Gasteiger partial charge in [-0.3, -0.25) is 0 Å². The van der Waals surface area contributed by atoms with Crippen molar-refractivity contribution in [3.05, 3.63) is 41.8 Å². The summed E-state index contributed by atoms with van der Waals surface area (Å²) in [5.74, 6) is -0.294. The minimum atomic E-state index is -0.294. The Bertz CT molecular complexity index is 441. The first-order valence-electron chi connectivity index (χ1n) is 5.49. The third kappa shape index (κ3) is 3.05. The van der Waals surface area contributed by atoms with Crippen LogP contribution in [0.5, 0.6) is 0 Å². The van der Waals surface area contributed by atoms with Gasteiger partial charge in [0, 0.05) is 19.3 Å². The maximum Gasteiger partial charge on any atom is 0.123 e. The molecule has 0 bridgehead atoms. The lowest BCUT2D eigenvalue weighted by Crippen LogP contribution is -2.32. The lowest BCUT2D eigenvalue weighted by molar-refractivity contribution is 0.0596. The van der Waals surface area contributed by atoms with Crippen molar-refractivity contribution < 1.29 is 9.13 Å². The van der Waals surface area contributed by atoms with E-state index in [1.54, 1.807) is 12.1 Å². The van der Waals surface area contributed by atoms with Crippen LogP contribution in [-0.4, -0.2) is 31.2 Å².